The zero-order chi connectivity index (χ0) is 22.9. The molecule has 0 unspecified atom stereocenters. The number of pyridine rings is 1. The highest BCUT2D eigenvalue weighted by Gasteiger charge is 2.14. The van der Waals surface area contributed by atoms with Gasteiger partial charge in [-0.1, -0.05) is 24.3 Å². The van der Waals surface area contributed by atoms with E-state index in [1.807, 2.05) is 49.8 Å². The van der Waals surface area contributed by atoms with E-state index in [2.05, 4.69) is 10.3 Å². The molecule has 0 aliphatic heterocycles. The van der Waals surface area contributed by atoms with E-state index >= 15 is 0 Å². The van der Waals surface area contributed by atoms with E-state index in [0.29, 0.717) is 5.94 Å². The minimum atomic E-state index is -0.228. The molecule has 1 aromatic heterocycles. The number of anilines is 1. The van der Waals surface area contributed by atoms with Gasteiger partial charge in [0.2, 0.25) is 5.91 Å². The fraction of sp³-hybridized carbons (Fsp3) is 0.250. The molecule has 0 spiro atoms. The molecule has 3 aromatic rings. The Morgan fingerprint density at radius 2 is 1.72 bits per heavy atom. The van der Waals surface area contributed by atoms with Crippen molar-refractivity contribution >= 4 is 46.9 Å². The second kappa shape index (κ2) is 12.2. The highest BCUT2D eigenvalue weighted by molar-refractivity contribution is 7.99. The first-order valence-corrected chi connectivity index (χ1v) is 13.5. The number of hydrogen-bond acceptors (Lipinski definition) is 6. The SMILES string of the molecule is CSc1cc(C)nc(SC)c1NC(=O)Cc1ccc(OCSCc2ccc(F)cc2)cc1. The number of amides is 1. The maximum atomic E-state index is 12.9. The lowest BCUT2D eigenvalue weighted by molar-refractivity contribution is -0.115. The maximum absolute atomic E-state index is 12.9. The van der Waals surface area contributed by atoms with Gasteiger partial charge in [-0.05, 0) is 60.9 Å². The fourth-order valence-corrected chi connectivity index (χ4v) is 5.00. The molecule has 0 saturated carbocycles. The molecule has 0 saturated heterocycles. The number of thioether (sulfide) groups is 3. The first kappa shape index (κ1) is 24.5. The van der Waals surface area contributed by atoms with Crippen molar-refractivity contribution in [3.8, 4) is 5.75 Å². The van der Waals surface area contributed by atoms with Crippen LogP contribution in [0.5, 0.6) is 5.75 Å². The third-order valence-electron chi connectivity index (χ3n) is 4.53. The third kappa shape index (κ3) is 7.18. The second-order valence-electron chi connectivity index (χ2n) is 6.96. The lowest BCUT2D eigenvalue weighted by atomic mass is 10.1. The highest BCUT2D eigenvalue weighted by Crippen LogP contribution is 2.33. The van der Waals surface area contributed by atoms with Gasteiger partial charge >= 0.3 is 0 Å². The molecule has 0 aliphatic carbocycles. The summed E-state index contributed by atoms with van der Waals surface area (Å²) in [7, 11) is 0. The van der Waals surface area contributed by atoms with Crippen LogP contribution in [0.2, 0.25) is 0 Å². The van der Waals surface area contributed by atoms with Gasteiger partial charge in [-0.3, -0.25) is 4.79 Å². The van der Waals surface area contributed by atoms with Gasteiger partial charge in [-0.2, -0.15) is 0 Å². The molecule has 0 fully saturated rings. The van der Waals surface area contributed by atoms with Crippen molar-refractivity contribution in [3.05, 3.63) is 77.2 Å². The Morgan fingerprint density at radius 3 is 2.38 bits per heavy atom. The van der Waals surface area contributed by atoms with E-state index in [4.69, 9.17) is 4.74 Å². The Labute approximate surface area is 201 Å². The molecular formula is C24H25FN2O2S3. The van der Waals surface area contributed by atoms with Crippen LogP contribution in [0.25, 0.3) is 0 Å². The molecule has 0 radical (unpaired) electrons. The van der Waals surface area contributed by atoms with Crippen molar-refractivity contribution in [1.29, 1.82) is 0 Å². The van der Waals surface area contributed by atoms with Crippen molar-refractivity contribution in [1.82, 2.24) is 4.98 Å². The number of halogens is 1. The minimum absolute atomic E-state index is 0.0789. The van der Waals surface area contributed by atoms with E-state index in [-0.39, 0.29) is 18.1 Å². The van der Waals surface area contributed by atoms with Crippen molar-refractivity contribution in [2.24, 2.45) is 0 Å². The summed E-state index contributed by atoms with van der Waals surface area (Å²) in [6, 6.07) is 16.0. The van der Waals surface area contributed by atoms with E-state index in [9.17, 15) is 9.18 Å². The van der Waals surface area contributed by atoms with E-state index < -0.39 is 0 Å². The van der Waals surface area contributed by atoms with Crippen molar-refractivity contribution in [3.63, 3.8) is 0 Å². The van der Waals surface area contributed by atoms with Crippen LogP contribution >= 0.6 is 35.3 Å². The molecule has 8 heteroatoms. The number of aromatic nitrogens is 1. The van der Waals surface area contributed by atoms with Crippen LogP contribution in [0.15, 0.2) is 64.5 Å². The van der Waals surface area contributed by atoms with Crippen LogP contribution in [-0.2, 0) is 17.0 Å². The van der Waals surface area contributed by atoms with Gasteiger partial charge in [0.25, 0.3) is 0 Å². The van der Waals surface area contributed by atoms with Crippen LogP contribution in [0.1, 0.15) is 16.8 Å². The molecule has 168 valence electrons. The second-order valence-corrected chi connectivity index (χ2v) is 9.53. The Hall–Kier alpha value is -2.16. The Morgan fingerprint density at radius 1 is 1.03 bits per heavy atom. The summed E-state index contributed by atoms with van der Waals surface area (Å²) in [5.74, 6) is 1.69. The first-order valence-electron chi connectivity index (χ1n) is 9.92. The summed E-state index contributed by atoms with van der Waals surface area (Å²) in [6.45, 7) is 1.95. The van der Waals surface area contributed by atoms with E-state index in [0.717, 1.165) is 43.9 Å². The largest absolute Gasteiger partial charge is 0.483 e. The number of nitrogens with zero attached hydrogens (tertiary/aromatic N) is 1. The number of rotatable bonds is 10. The summed E-state index contributed by atoms with van der Waals surface area (Å²) in [6.07, 6.45) is 4.22. The number of ether oxygens (including phenoxy) is 1. The molecule has 0 atom stereocenters. The highest BCUT2D eigenvalue weighted by atomic mass is 32.2. The zero-order valence-electron chi connectivity index (χ0n) is 18.2. The average molecular weight is 489 g/mol. The molecule has 0 aliphatic rings. The number of benzene rings is 2. The predicted molar refractivity (Wildman–Crippen MR) is 135 cm³/mol. The predicted octanol–water partition coefficient (Wildman–Crippen LogP) is 6.42. The first-order chi connectivity index (χ1) is 15.5. The Bertz CT molecular complexity index is 1020. The molecule has 0 bridgehead atoms. The lowest BCUT2D eigenvalue weighted by Crippen LogP contribution is -2.16. The standard InChI is InChI=1S/C24H25FN2O2S3/c1-16-12-21(30-2)23(24(26-16)31-3)27-22(28)13-17-6-10-20(11-7-17)29-15-32-14-18-4-8-19(25)9-5-18/h4-12H,13-15H2,1-3H3,(H,27,28). The molecule has 1 heterocycles. The molecule has 4 nitrogen and oxygen atoms in total. The Kier molecular flexibility index (Phi) is 9.32. The summed E-state index contributed by atoms with van der Waals surface area (Å²) in [5.41, 5.74) is 3.67. The monoisotopic (exact) mass is 488 g/mol. The van der Waals surface area contributed by atoms with Gasteiger partial charge in [0.15, 0.2) is 0 Å². The van der Waals surface area contributed by atoms with Gasteiger partial charge in [0, 0.05) is 16.3 Å². The average Bonchev–Trinajstić information content (AvgIpc) is 2.79. The molecule has 1 N–H and O–H groups in total. The van der Waals surface area contributed by atoms with Crippen LogP contribution in [-0.4, -0.2) is 29.3 Å². The van der Waals surface area contributed by atoms with Crippen LogP contribution < -0.4 is 10.1 Å². The van der Waals surface area contributed by atoms with Crippen LogP contribution in [0, 0.1) is 12.7 Å². The topological polar surface area (TPSA) is 51.2 Å². The number of nitrogens with one attached hydrogen (secondary N) is 1. The molecule has 3 rings (SSSR count). The molecule has 2 aromatic carbocycles. The molecule has 32 heavy (non-hydrogen) atoms. The van der Waals surface area contributed by atoms with Gasteiger partial charge in [0.1, 0.15) is 22.5 Å². The summed E-state index contributed by atoms with van der Waals surface area (Å²) < 4.78 is 18.7. The van der Waals surface area contributed by atoms with Crippen molar-refractivity contribution < 1.29 is 13.9 Å². The van der Waals surface area contributed by atoms with Crippen LogP contribution in [0.3, 0.4) is 0 Å². The quantitative estimate of drug-likeness (QED) is 0.202. The van der Waals surface area contributed by atoms with Crippen molar-refractivity contribution in [2.45, 2.75) is 29.0 Å². The number of carbonyl (C=O) groups is 1. The fourth-order valence-electron chi connectivity index (χ4n) is 2.96. The summed E-state index contributed by atoms with van der Waals surface area (Å²) in [4.78, 5) is 18.2. The normalized spacial score (nSPS) is 10.8. The maximum Gasteiger partial charge on any atom is 0.228 e. The van der Waals surface area contributed by atoms with Gasteiger partial charge in [0.05, 0.1) is 12.1 Å². The van der Waals surface area contributed by atoms with Crippen molar-refractivity contribution in [2.75, 3.05) is 23.8 Å². The Balaban J connectivity index is 1.50. The lowest BCUT2D eigenvalue weighted by Gasteiger charge is -2.14. The minimum Gasteiger partial charge on any atom is -0.483 e. The third-order valence-corrected chi connectivity index (χ3v) is 6.80. The molecule has 1 amide bonds. The molecular weight excluding hydrogens is 463 g/mol. The number of carbonyl (C=O) groups excluding carboxylic acids is 1. The van der Waals surface area contributed by atoms with E-state index in [1.54, 1.807) is 35.7 Å². The van der Waals surface area contributed by atoms with Gasteiger partial charge in [-0.25, -0.2) is 9.37 Å². The van der Waals surface area contributed by atoms with Gasteiger partial charge < -0.3 is 10.1 Å². The summed E-state index contributed by atoms with van der Waals surface area (Å²) in [5, 5.41) is 3.85. The number of aryl methyl sites for hydroxylation is 1. The van der Waals surface area contributed by atoms with E-state index in [1.165, 1.54) is 23.9 Å². The van der Waals surface area contributed by atoms with Gasteiger partial charge in [-0.15, -0.1) is 35.3 Å². The summed E-state index contributed by atoms with van der Waals surface area (Å²) >= 11 is 4.73. The zero-order valence-corrected chi connectivity index (χ0v) is 20.6. The smallest absolute Gasteiger partial charge is 0.228 e. The number of hydrogen-bond donors (Lipinski definition) is 1. The van der Waals surface area contributed by atoms with Crippen LogP contribution in [0.4, 0.5) is 10.1 Å².